The van der Waals surface area contributed by atoms with E-state index >= 15 is 0 Å². The molecule has 0 spiro atoms. The minimum atomic E-state index is -0.514. The Morgan fingerprint density at radius 3 is 2.76 bits per heavy atom. The number of hydrogen-bond acceptors (Lipinski definition) is 5. The average molecular weight is 344 g/mol. The first kappa shape index (κ1) is 16.9. The van der Waals surface area contributed by atoms with Crippen LogP contribution in [0.5, 0.6) is 0 Å². The number of carbonyl (C=O) groups excluding carboxylic acids is 2. The van der Waals surface area contributed by atoms with Crippen molar-refractivity contribution in [2.75, 3.05) is 19.7 Å². The summed E-state index contributed by atoms with van der Waals surface area (Å²) < 4.78 is 4.97. The molecule has 3 rings (SSSR count). The molecule has 2 N–H and O–H groups in total. The maximum atomic E-state index is 12.4. The minimum Gasteiger partial charge on any atom is -0.450 e. The van der Waals surface area contributed by atoms with Crippen LogP contribution in [0, 0.1) is 0 Å². The van der Waals surface area contributed by atoms with Crippen LogP contribution in [0.1, 0.15) is 30.3 Å². The van der Waals surface area contributed by atoms with E-state index in [2.05, 4.69) is 15.3 Å². The predicted molar refractivity (Wildman–Crippen MR) is 91.4 cm³/mol. The highest BCUT2D eigenvalue weighted by Crippen LogP contribution is 2.12. The molecular formula is C17H20N4O4. The highest BCUT2D eigenvalue weighted by atomic mass is 16.6. The van der Waals surface area contributed by atoms with Gasteiger partial charge in [-0.05, 0) is 31.9 Å². The summed E-state index contributed by atoms with van der Waals surface area (Å²) in [5, 5.41) is 2.83. The fourth-order valence-corrected chi connectivity index (χ4v) is 2.86. The topological polar surface area (TPSA) is 104 Å². The molecule has 1 aromatic heterocycles. The molecule has 2 amide bonds. The number of rotatable bonds is 3. The van der Waals surface area contributed by atoms with Crippen molar-refractivity contribution in [1.82, 2.24) is 20.2 Å². The van der Waals surface area contributed by atoms with Gasteiger partial charge in [-0.25, -0.2) is 9.78 Å². The number of aromatic amines is 1. The first-order chi connectivity index (χ1) is 12.1. The number of ether oxygens (including phenoxy) is 1. The molecule has 25 heavy (non-hydrogen) atoms. The van der Waals surface area contributed by atoms with Crippen molar-refractivity contribution in [2.24, 2.45) is 0 Å². The second kappa shape index (κ2) is 7.33. The lowest BCUT2D eigenvalue weighted by Crippen LogP contribution is -2.47. The number of benzene rings is 1. The lowest BCUT2D eigenvalue weighted by atomic mass is 10.1. The summed E-state index contributed by atoms with van der Waals surface area (Å²) in [4.78, 5) is 44.6. The zero-order chi connectivity index (χ0) is 17.8. The Balaban J connectivity index is 1.65. The normalized spacial score (nSPS) is 15.2. The van der Waals surface area contributed by atoms with Crippen LogP contribution < -0.4 is 10.9 Å². The summed E-state index contributed by atoms with van der Waals surface area (Å²) in [7, 11) is 0. The number of H-pyrrole nitrogens is 1. The molecule has 1 aromatic carbocycles. The fourth-order valence-electron chi connectivity index (χ4n) is 2.86. The number of aromatic nitrogens is 2. The molecule has 0 aliphatic carbocycles. The summed E-state index contributed by atoms with van der Waals surface area (Å²) in [6.45, 7) is 3.11. The smallest absolute Gasteiger partial charge is 0.409 e. The molecule has 8 heteroatoms. The highest BCUT2D eigenvalue weighted by molar-refractivity contribution is 5.93. The zero-order valence-corrected chi connectivity index (χ0v) is 13.9. The number of amides is 2. The van der Waals surface area contributed by atoms with Gasteiger partial charge in [0.2, 0.25) is 0 Å². The lowest BCUT2D eigenvalue weighted by molar-refractivity contribution is 0.0856. The van der Waals surface area contributed by atoms with Crippen LogP contribution in [0.3, 0.4) is 0 Å². The Hall–Kier alpha value is -2.90. The minimum absolute atomic E-state index is 0.106. The van der Waals surface area contributed by atoms with E-state index in [1.807, 2.05) is 0 Å². The van der Waals surface area contributed by atoms with Crippen molar-refractivity contribution in [3.05, 3.63) is 40.3 Å². The van der Waals surface area contributed by atoms with Crippen molar-refractivity contribution in [1.29, 1.82) is 0 Å². The maximum absolute atomic E-state index is 12.4. The van der Waals surface area contributed by atoms with Gasteiger partial charge in [0.05, 0.1) is 17.6 Å². The molecule has 1 saturated heterocycles. The Bertz CT molecular complexity index is 840. The third-order valence-electron chi connectivity index (χ3n) is 4.17. The second-order valence-corrected chi connectivity index (χ2v) is 5.87. The van der Waals surface area contributed by atoms with Crippen LogP contribution in [0.25, 0.3) is 11.0 Å². The van der Waals surface area contributed by atoms with Crippen molar-refractivity contribution in [3.8, 4) is 0 Å². The average Bonchev–Trinajstić information content (AvgIpc) is 2.62. The fraction of sp³-hybridized carbons (Fsp3) is 0.412. The third kappa shape index (κ3) is 3.78. The van der Waals surface area contributed by atoms with Crippen LogP contribution in [0.15, 0.2) is 29.1 Å². The van der Waals surface area contributed by atoms with Crippen LogP contribution in [-0.4, -0.2) is 52.6 Å². The Morgan fingerprint density at radius 2 is 2.04 bits per heavy atom. The third-order valence-corrected chi connectivity index (χ3v) is 4.17. The van der Waals surface area contributed by atoms with Crippen LogP contribution >= 0.6 is 0 Å². The quantitative estimate of drug-likeness (QED) is 0.873. The lowest BCUT2D eigenvalue weighted by Gasteiger charge is -2.31. The first-order valence-electron chi connectivity index (χ1n) is 8.30. The van der Waals surface area contributed by atoms with Gasteiger partial charge in [-0.15, -0.1) is 0 Å². The molecule has 1 aliphatic rings. The van der Waals surface area contributed by atoms with Crippen molar-refractivity contribution < 1.29 is 14.3 Å². The Kier molecular flexibility index (Phi) is 4.97. The number of carbonyl (C=O) groups is 2. The van der Waals surface area contributed by atoms with Crippen LogP contribution in [0.4, 0.5) is 4.79 Å². The van der Waals surface area contributed by atoms with E-state index < -0.39 is 11.5 Å². The second-order valence-electron chi connectivity index (χ2n) is 5.87. The van der Waals surface area contributed by atoms with Gasteiger partial charge in [0.1, 0.15) is 0 Å². The zero-order valence-electron chi connectivity index (χ0n) is 13.9. The molecule has 0 unspecified atom stereocenters. The molecule has 0 saturated carbocycles. The standard InChI is InChI=1S/C17H20N4O4/c1-2-25-17(24)21-9-7-11(8-10-21)18-15(22)14-16(23)20-13-6-4-3-5-12(13)19-14/h3-6,11H,2,7-10H2,1H3,(H,18,22)(H,20,23). The van der Waals surface area contributed by atoms with Crippen molar-refractivity contribution in [3.63, 3.8) is 0 Å². The van der Waals surface area contributed by atoms with Crippen molar-refractivity contribution in [2.45, 2.75) is 25.8 Å². The van der Waals surface area contributed by atoms with E-state index in [1.54, 1.807) is 36.1 Å². The summed E-state index contributed by atoms with van der Waals surface area (Å²) >= 11 is 0. The first-order valence-corrected chi connectivity index (χ1v) is 8.30. The molecule has 8 nitrogen and oxygen atoms in total. The van der Waals surface area contributed by atoms with Gasteiger partial charge in [0.25, 0.3) is 11.5 Å². The molecule has 0 radical (unpaired) electrons. The Labute approximate surface area is 144 Å². The van der Waals surface area contributed by atoms with Gasteiger partial charge in [-0.1, -0.05) is 12.1 Å². The van der Waals surface area contributed by atoms with E-state index in [-0.39, 0.29) is 17.8 Å². The molecule has 1 aliphatic heterocycles. The highest BCUT2D eigenvalue weighted by Gasteiger charge is 2.26. The van der Waals surface area contributed by atoms with Crippen molar-refractivity contribution >= 4 is 23.0 Å². The number of likely N-dealkylation sites (tertiary alicyclic amines) is 1. The summed E-state index contributed by atoms with van der Waals surface area (Å²) in [6, 6.07) is 6.94. The van der Waals surface area contributed by atoms with E-state index in [0.29, 0.717) is 43.6 Å². The number of piperidine rings is 1. The van der Waals surface area contributed by atoms with Crippen LogP contribution in [-0.2, 0) is 4.74 Å². The number of para-hydroxylation sites is 2. The van der Waals surface area contributed by atoms with Gasteiger partial charge < -0.3 is 19.9 Å². The summed E-state index contributed by atoms with van der Waals surface area (Å²) in [5.41, 5.74) is 0.489. The monoisotopic (exact) mass is 344 g/mol. The number of hydrogen-bond donors (Lipinski definition) is 2. The molecule has 2 aromatic rings. The van der Waals surface area contributed by atoms with Crippen LogP contribution in [0.2, 0.25) is 0 Å². The van der Waals surface area contributed by atoms with Gasteiger partial charge in [0, 0.05) is 19.1 Å². The number of fused-ring (bicyclic) bond motifs is 1. The predicted octanol–water partition coefficient (Wildman–Crippen LogP) is 1.27. The summed E-state index contributed by atoms with van der Waals surface area (Å²) in [6.07, 6.45) is 0.881. The van der Waals surface area contributed by atoms with E-state index in [9.17, 15) is 14.4 Å². The maximum Gasteiger partial charge on any atom is 0.409 e. The molecule has 0 bridgehead atoms. The van der Waals surface area contributed by atoms with Gasteiger partial charge in [-0.3, -0.25) is 9.59 Å². The van der Waals surface area contributed by atoms with Gasteiger partial charge >= 0.3 is 6.09 Å². The van der Waals surface area contributed by atoms with E-state index in [0.717, 1.165) is 0 Å². The number of nitrogens with zero attached hydrogens (tertiary/aromatic N) is 2. The molecule has 0 atom stereocenters. The summed E-state index contributed by atoms with van der Waals surface area (Å²) in [5.74, 6) is -0.499. The van der Waals surface area contributed by atoms with E-state index in [4.69, 9.17) is 4.74 Å². The Morgan fingerprint density at radius 1 is 1.32 bits per heavy atom. The molecule has 2 heterocycles. The molecule has 1 fully saturated rings. The van der Waals surface area contributed by atoms with Gasteiger partial charge in [0.15, 0.2) is 5.69 Å². The number of nitrogens with one attached hydrogen (secondary N) is 2. The van der Waals surface area contributed by atoms with E-state index in [1.165, 1.54) is 0 Å². The largest absolute Gasteiger partial charge is 0.450 e. The molecule has 132 valence electrons. The van der Waals surface area contributed by atoms with Gasteiger partial charge in [-0.2, -0.15) is 0 Å². The SMILES string of the molecule is CCOC(=O)N1CCC(NC(=O)c2nc3ccccc3[nH]c2=O)CC1. The molecular weight excluding hydrogens is 324 g/mol.